The Morgan fingerprint density at radius 2 is 2.06 bits per heavy atom. The molecule has 0 saturated carbocycles. The van der Waals surface area contributed by atoms with Gasteiger partial charge in [-0.25, -0.2) is 0 Å². The maximum absolute atomic E-state index is 6.05. The number of thiophene rings is 1. The Morgan fingerprint density at radius 3 is 2.82 bits per heavy atom. The van der Waals surface area contributed by atoms with E-state index in [2.05, 4.69) is 30.4 Å². The maximum atomic E-state index is 6.05. The lowest BCUT2D eigenvalue weighted by Crippen LogP contribution is -2.09. The highest BCUT2D eigenvalue weighted by Crippen LogP contribution is 2.32. The highest BCUT2D eigenvalue weighted by atomic mass is 35.5. The maximum Gasteiger partial charge on any atom is 0.0412 e. The Labute approximate surface area is 111 Å². The van der Waals surface area contributed by atoms with Gasteiger partial charge in [0, 0.05) is 14.8 Å². The van der Waals surface area contributed by atoms with E-state index in [0.717, 1.165) is 18.0 Å². The molecule has 0 amide bonds. The van der Waals surface area contributed by atoms with Crippen molar-refractivity contribution in [3.8, 4) is 10.4 Å². The van der Waals surface area contributed by atoms with Crippen molar-refractivity contribution < 1.29 is 0 Å². The summed E-state index contributed by atoms with van der Waals surface area (Å²) in [6.45, 7) is 3.15. The zero-order chi connectivity index (χ0) is 12.3. The topological polar surface area (TPSA) is 12.0 Å². The van der Waals surface area contributed by atoms with E-state index in [1.54, 1.807) is 0 Å². The zero-order valence-electron chi connectivity index (χ0n) is 10.1. The first-order valence-corrected chi connectivity index (χ1v) is 6.90. The van der Waals surface area contributed by atoms with Gasteiger partial charge in [-0.05, 0) is 62.3 Å². The molecule has 0 unspecified atom stereocenters. The standard InChI is InChI=1S/C14H16ClNS/c1-10-3-4-11(15)9-13(10)14-6-5-12(17-14)7-8-16-2/h3-6,9,16H,7-8H2,1-2H3. The lowest BCUT2D eigenvalue weighted by molar-refractivity contribution is 0.799. The molecule has 0 bridgehead atoms. The molecule has 1 heterocycles. The average Bonchev–Trinajstić information content (AvgIpc) is 2.78. The van der Waals surface area contributed by atoms with Gasteiger partial charge in [-0.15, -0.1) is 11.3 Å². The fraction of sp³-hybridized carbons (Fsp3) is 0.286. The van der Waals surface area contributed by atoms with Gasteiger partial charge in [-0.2, -0.15) is 0 Å². The Balaban J connectivity index is 2.27. The normalized spacial score (nSPS) is 10.8. The van der Waals surface area contributed by atoms with Crippen LogP contribution < -0.4 is 5.32 Å². The van der Waals surface area contributed by atoms with Gasteiger partial charge in [-0.3, -0.25) is 0 Å². The second-order valence-electron chi connectivity index (χ2n) is 4.08. The molecule has 0 aliphatic rings. The van der Waals surface area contributed by atoms with Crippen LogP contribution in [0.15, 0.2) is 30.3 Å². The van der Waals surface area contributed by atoms with Crippen LogP contribution in [0.3, 0.4) is 0 Å². The van der Waals surface area contributed by atoms with Crippen molar-refractivity contribution in [3.05, 3.63) is 45.8 Å². The molecule has 0 aliphatic carbocycles. The zero-order valence-corrected chi connectivity index (χ0v) is 11.7. The third kappa shape index (κ3) is 3.09. The molecule has 3 heteroatoms. The third-order valence-corrected chi connectivity index (χ3v) is 4.16. The molecule has 1 aromatic heterocycles. The van der Waals surface area contributed by atoms with Crippen molar-refractivity contribution in [1.82, 2.24) is 5.32 Å². The molecule has 0 aliphatic heterocycles. The fourth-order valence-corrected chi connectivity index (χ4v) is 3.03. The van der Waals surface area contributed by atoms with E-state index < -0.39 is 0 Å². The average molecular weight is 266 g/mol. The van der Waals surface area contributed by atoms with Gasteiger partial charge in [0.05, 0.1) is 0 Å². The summed E-state index contributed by atoms with van der Waals surface area (Å²) in [6, 6.07) is 10.5. The van der Waals surface area contributed by atoms with E-state index in [4.69, 9.17) is 11.6 Å². The van der Waals surface area contributed by atoms with Gasteiger partial charge >= 0.3 is 0 Å². The molecule has 0 saturated heterocycles. The monoisotopic (exact) mass is 265 g/mol. The minimum absolute atomic E-state index is 0.802. The minimum Gasteiger partial charge on any atom is -0.319 e. The molecule has 0 fully saturated rings. The molecule has 0 radical (unpaired) electrons. The highest BCUT2D eigenvalue weighted by molar-refractivity contribution is 7.15. The fourth-order valence-electron chi connectivity index (χ4n) is 1.76. The number of hydrogen-bond acceptors (Lipinski definition) is 2. The van der Waals surface area contributed by atoms with Crippen LogP contribution in [0.25, 0.3) is 10.4 Å². The number of likely N-dealkylation sites (N-methyl/N-ethyl adjacent to an activating group) is 1. The van der Waals surface area contributed by atoms with Crippen LogP contribution in [0.4, 0.5) is 0 Å². The van der Waals surface area contributed by atoms with Gasteiger partial charge in [-0.1, -0.05) is 17.7 Å². The first-order chi connectivity index (χ1) is 8.20. The van der Waals surface area contributed by atoms with E-state index in [1.165, 1.54) is 20.9 Å². The number of rotatable bonds is 4. The largest absolute Gasteiger partial charge is 0.319 e. The first-order valence-electron chi connectivity index (χ1n) is 5.70. The predicted molar refractivity (Wildman–Crippen MR) is 77.1 cm³/mol. The first kappa shape index (κ1) is 12.6. The van der Waals surface area contributed by atoms with Crippen LogP contribution in [0.1, 0.15) is 10.4 Å². The summed E-state index contributed by atoms with van der Waals surface area (Å²) in [5.74, 6) is 0. The Kier molecular flexibility index (Phi) is 4.21. The molecule has 90 valence electrons. The lowest BCUT2D eigenvalue weighted by Gasteiger charge is -2.03. The van der Waals surface area contributed by atoms with E-state index in [1.807, 2.05) is 30.5 Å². The summed E-state index contributed by atoms with van der Waals surface area (Å²) < 4.78 is 0. The number of nitrogens with one attached hydrogen (secondary N) is 1. The number of aryl methyl sites for hydroxylation is 1. The molecule has 17 heavy (non-hydrogen) atoms. The molecule has 0 atom stereocenters. The Bertz CT molecular complexity index is 505. The molecule has 0 spiro atoms. The number of benzene rings is 1. The lowest BCUT2D eigenvalue weighted by atomic mass is 10.1. The summed E-state index contributed by atoms with van der Waals surface area (Å²) in [7, 11) is 1.98. The molecule has 2 rings (SSSR count). The Hall–Kier alpha value is -0.830. The summed E-state index contributed by atoms with van der Waals surface area (Å²) in [5.41, 5.74) is 2.52. The van der Waals surface area contributed by atoms with Gasteiger partial charge in [0.25, 0.3) is 0 Å². The second-order valence-corrected chi connectivity index (χ2v) is 5.68. The van der Waals surface area contributed by atoms with Crippen molar-refractivity contribution in [2.24, 2.45) is 0 Å². The van der Waals surface area contributed by atoms with Gasteiger partial charge in [0.2, 0.25) is 0 Å². The molecule has 1 N–H and O–H groups in total. The third-order valence-electron chi connectivity index (χ3n) is 2.75. The number of hydrogen-bond donors (Lipinski definition) is 1. The van der Waals surface area contributed by atoms with Crippen LogP contribution in [0.2, 0.25) is 5.02 Å². The number of halogens is 1. The van der Waals surface area contributed by atoms with E-state index in [9.17, 15) is 0 Å². The van der Waals surface area contributed by atoms with Crippen molar-refractivity contribution in [1.29, 1.82) is 0 Å². The van der Waals surface area contributed by atoms with Crippen LogP contribution in [-0.2, 0) is 6.42 Å². The van der Waals surface area contributed by atoms with Crippen molar-refractivity contribution in [3.63, 3.8) is 0 Å². The molecule has 1 aromatic carbocycles. The summed E-state index contributed by atoms with van der Waals surface area (Å²) in [4.78, 5) is 2.71. The molecular formula is C14H16ClNS. The second kappa shape index (κ2) is 5.67. The predicted octanol–water partition coefficient (Wildman–Crippen LogP) is 4.14. The quantitative estimate of drug-likeness (QED) is 0.876. The van der Waals surface area contributed by atoms with E-state index in [0.29, 0.717) is 0 Å². The van der Waals surface area contributed by atoms with Gasteiger partial charge < -0.3 is 5.32 Å². The summed E-state index contributed by atoms with van der Waals surface area (Å²) >= 11 is 7.90. The highest BCUT2D eigenvalue weighted by Gasteiger charge is 2.06. The molecule has 1 nitrogen and oxygen atoms in total. The summed E-state index contributed by atoms with van der Waals surface area (Å²) in [5, 5.41) is 3.97. The molecule has 2 aromatic rings. The van der Waals surface area contributed by atoms with Gasteiger partial charge in [0.1, 0.15) is 0 Å². The van der Waals surface area contributed by atoms with Crippen molar-refractivity contribution >= 4 is 22.9 Å². The van der Waals surface area contributed by atoms with Crippen LogP contribution in [0.5, 0.6) is 0 Å². The van der Waals surface area contributed by atoms with Crippen LogP contribution in [0, 0.1) is 6.92 Å². The smallest absolute Gasteiger partial charge is 0.0412 e. The van der Waals surface area contributed by atoms with Crippen LogP contribution in [-0.4, -0.2) is 13.6 Å². The molecular weight excluding hydrogens is 250 g/mol. The van der Waals surface area contributed by atoms with E-state index in [-0.39, 0.29) is 0 Å². The summed E-state index contributed by atoms with van der Waals surface area (Å²) in [6.07, 6.45) is 1.08. The van der Waals surface area contributed by atoms with Crippen molar-refractivity contribution in [2.45, 2.75) is 13.3 Å². The van der Waals surface area contributed by atoms with Crippen molar-refractivity contribution in [2.75, 3.05) is 13.6 Å². The van der Waals surface area contributed by atoms with Crippen LogP contribution >= 0.6 is 22.9 Å². The van der Waals surface area contributed by atoms with Gasteiger partial charge in [0.15, 0.2) is 0 Å². The minimum atomic E-state index is 0.802. The SMILES string of the molecule is CNCCc1ccc(-c2cc(Cl)ccc2C)s1. The Morgan fingerprint density at radius 1 is 1.24 bits per heavy atom. The van der Waals surface area contributed by atoms with E-state index >= 15 is 0 Å².